The minimum atomic E-state index is -1.97. The van der Waals surface area contributed by atoms with Crippen molar-refractivity contribution in [2.45, 2.75) is 83.7 Å². The zero-order valence-corrected chi connectivity index (χ0v) is 21.5. The molecular weight excluding hydrogens is 441 g/mol. The molecule has 0 saturated heterocycles. The number of ether oxygens (including phenoxy) is 2. The summed E-state index contributed by atoms with van der Waals surface area (Å²) in [6, 6.07) is 7.80. The SMILES string of the molecule is CCCCCCCCCCCCOc1ccc(CC(COP(O)OCC[NH2+]C)OC=O)cc1. The summed E-state index contributed by atoms with van der Waals surface area (Å²) >= 11 is 0. The van der Waals surface area contributed by atoms with E-state index in [0.717, 1.165) is 30.9 Å². The van der Waals surface area contributed by atoms with Crippen LogP contribution in [0.25, 0.3) is 0 Å². The van der Waals surface area contributed by atoms with Crippen molar-refractivity contribution in [1.29, 1.82) is 0 Å². The van der Waals surface area contributed by atoms with Crippen molar-refractivity contribution >= 4 is 15.1 Å². The molecule has 2 atom stereocenters. The Balaban J connectivity index is 2.18. The van der Waals surface area contributed by atoms with Gasteiger partial charge in [0.1, 0.15) is 18.5 Å². The molecule has 1 aromatic carbocycles. The summed E-state index contributed by atoms with van der Waals surface area (Å²) in [4.78, 5) is 20.6. The predicted octanol–water partition coefficient (Wildman–Crippen LogP) is 4.52. The number of carbonyl (C=O) groups excluding carboxylic acids is 1. The molecule has 0 aliphatic heterocycles. The van der Waals surface area contributed by atoms with Gasteiger partial charge in [0, 0.05) is 6.42 Å². The van der Waals surface area contributed by atoms with E-state index < -0.39 is 14.7 Å². The zero-order valence-electron chi connectivity index (χ0n) is 20.6. The van der Waals surface area contributed by atoms with Gasteiger partial charge in [0.25, 0.3) is 6.47 Å². The topological polar surface area (TPSA) is 90.8 Å². The number of benzene rings is 1. The Hall–Kier alpha value is -1.24. The predicted molar refractivity (Wildman–Crippen MR) is 132 cm³/mol. The number of hydrogen-bond donors (Lipinski definition) is 2. The average molecular weight is 487 g/mol. The number of quaternary nitrogens is 1. The van der Waals surface area contributed by atoms with Crippen LogP contribution in [0.1, 0.15) is 76.7 Å². The highest BCUT2D eigenvalue weighted by Crippen LogP contribution is 2.32. The van der Waals surface area contributed by atoms with Crippen LogP contribution >= 0.6 is 8.60 Å². The van der Waals surface area contributed by atoms with Crippen molar-refractivity contribution in [2.75, 3.05) is 33.4 Å². The van der Waals surface area contributed by atoms with E-state index in [1.807, 2.05) is 36.6 Å². The highest BCUT2D eigenvalue weighted by molar-refractivity contribution is 7.40. The lowest BCUT2D eigenvalue weighted by atomic mass is 10.1. The molecule has 0 radical (unpaired) electrons. The highest BCUT2D eigenvalue weighted by atomic mass is 31.2. The molecule has 0 aromatic heterocycles. The standard InChI is InChI=1S/C25H44NO6P/c1-3-4-5-6-7-8-9-10-11-12-18-29-24-15-13-23(14-16-24)20-25(30-22-27)21-32-33(28)31-19-17-26-2/h13-16,22,25-26,28H,3-12,17-21H2,1-2H3/p+1. The fourth-order valence-electron chi connectivity index (χ4n) is 3.42. The molecule has 33 heavy (non-hydrogen) atoms. The van der Waals surface area contributed by atoms with Gasteiger partial charge in [0.2, 0.25) is 0 Å². The van der Waals surface area contributed by atoms with Crippen molar-refractivity contribution in [1.82, 2.24) is 0 Å². The molecular formula is C25H45NO6P+. The summed E-state index contributed by atoms with van der Waals surface area (Å²) in [5.74, 6) is 0.846. The molecule has 1 aromatic rings. The summed E-state index contributed by atoms with van der Waals surface area (Å²) in [6.07, 6.45) is 13.1. The number of carbonyl (C=O) groups is 1. The van der Waals surface area contributed by atoms with Crippen LogP contribution in [0.15, 0.2) is 24.3 Å². The van der Waals surface area contributed by atoms with Crippen LogP contribution in [0, 0.1) is 0 Å². The Morgan fingerprint density at radius 1 is 0.939 bits per heavy atom. The number of rotatable bonds is 23. The van der Waals surface area contributed by atoms with Crippen molar-refractivity contribution in [3.05, 3.63) is 29.8 Å². The molecule has 2 unspecified atom stereocenters. The molecule has 0 bridgehead atoms. The van der Waals surface area contributed by atoms with Gasteiger partial charge in [0.15, 0.2) is 0 Å². The van der Waals surface area contributed by atoms with E-state index in [2.05, 4.69) is 6.92 Å². The van der Waals surface area contributed by atoms with Crippen molar-refractivity contribution < 1.29 is 33.5 Å². The summed E-state index contributed by atoms with van der Waals surface area (Å²) < 4.78 is 21.4. The number of hydrogen-bond acceptors (Lipinski definition) is 6. The van der Waals surface area contributed by atoms with E-state index >= 15 is 0 Å². The maximum atomic E-state index is 10.8. The normalized spacial score (nSPS) is 12.9. The van der Waals surface area contributed by atoms with Crippen molar-refractivity contribution in [3.8, 4) is 5.75 Å². The minimum absolute atomic E-state index is 0.0772. The Kier molecular flexibility index (Phi) is 19.2. The largest absolute Gasteiger partial charge is 0.494 e. The van der Waals surface area contributed by atoms with Crippen LogP contribution in [0.2, 0.25) is 0 Å². The Morgan fingerprint density at radius 2 is 1.58 bits per heavy atom. The first-order chi connectivity index (χ1) is 16.2. The number of nitrogens with two attached hydrogens (primary N) is 1. The summed E-state index contributed by atoms with van der Waals surface area (Å²) in [5, 5.41) is 1.95. The maximum absolute atomic E-state index is 10.8. The van der Waals surface area contributed by atoms with Gasteiger partial charge in [-0.25, -0.2) is 0 Å². The molecule has 7 nitrogen and oxygen atoms in total. The molecule has 0 heterocycles. The zero-order chi connectivity index (χ0) is 24.0. The first kappa shape index (κ1) is 29.8. The Morgan fingerprint density at radius 3 is 2.18 bits per heavy atom. The highest BCUT2D eigenvalue weighted by Gasteiger charge is 2.15. The van der Waals surface area contributed by atoms with Gasteiger partial charge in [-0.3, -0.25) is 4.79 Å². The Bertz CT molecular complexity index is 575. The molecule has 0 fully saturated rings. The van der Waals surface area contributed by atoms with Gasteiger partial charge in [-0.05, 0) is 24.1 Å². The van der Waals surface area contributed by atoms with Crippen LogP contribution in [-0.2, 0) is 25.0 Å². The second-order valence-corrected chi connectivity index (χ2v) is 9.29. The van der Waals surface area contributed by atoms with Crippen molar-refractivity contribution in [3.63, 3.8) is 0 Å². The minimum Gasteiger partial charge on any atom is -0.494 e. The van der Waals surface area contributed by atoms with Crippen LogP contribution < -0.4 is 10.1 Å². The lowest BCUT2D eigenvalue weighted by Gasteiger charge is -2.17. The fraction of sp³-hybridized carbons (Fsp3) is 0.720. The molecule has 0 aliphatic carbocycles. The van der Waals surface area contributed by atoms with E-state index in [0.29, 0.717) is 19.5 Å². The van der Waals surface area contributed by atoms with Crippen LogP contribution in [0.4, 0.5) is 0 Å². The third-order valence-electron chi connectivity index (χ3n) is 5.38. The lowest BCUT2D eigenvalue weighted by Crippen LogP contribution is -2.80. The molecule has 190 valence electrons. The van der Waals surface area contributed by atoms with E-state index in [4.69, 9.17) is 18.5 Å². The van der Waals surface area contributed by atoms with Crippen LogP contribution in [-0.4, -0.2) is 50.9 Å². The molecule has 0 spiro atoms. The smallest absolute Gasteiger partial charge is 0.330 e. The van der Waals surface area contributed by atoms with Crippen molar-refractivity contribution in [2.24, 2.45) is 0 Å². The van der Waals surface area contributed by atoms with E-state index in [1.54, 1.807) is 0 Å². The lowest BCUT2D eigenvalue weighted by molar-refractivity contribution is -0.627. The van der Waals surface area contributed by atoms with Gasteiger partial charge in [0.05, 0.1) is 26.8 Å². The molecule has 0 amide bonds. The second kappa shape index (κ2) is 21.3. The van der Waals surface area contributed by atoms with Gasteiger partial charge in [-0.1, -0.05) is 76.8 Å². The fourth-order valence-corrected chi connectivity index (χ4v) is 4.05. The summed E-state index contributed by atoms with van der Waals surface area (Å²) in [6.45, 7) is 4.62. The molecule has 8 heteroatoms. The second-order valence-electron chi connectivity index (χ2n) is 8.30. The molecule has 1 rings (SSSR count). The molecule has 3 N–H and O–H groups in total. The third kappa shape index (κ3) is 16.9. The monoisotopic (exact) mass is 486 g/mol. The summed E-state index contributed by atoms with van der Waals surface area (Å²) in [7, 11) is -0.0460. The Labute approximate surface area is 201 Å². The first-order valence-corrected chi connectivity index (χ1v) is 13.7. The third-order valence-corrected chi connectivity index (χ3v) is 6.15. The molecule has 0 aliphatic rings. The number of likely N-dealkylation sites (N-methyl/N-ethyl adjacent to an activating group) is 1. The van der Waals surface area contributed by atoms with Crippen LogP contribution in [0.5, 0.6) is 5.75 Å². The van der Waals surface area contributed by atoms with E-state index in [-0.39, 0.29) is 6.61 Å². The van der Waals surface area contributed by atoms with Gasteiger partial charge < -0.3 is 28.7 Å². The molecule has 0 saturated carbocycles. The van der Waals surface area contributed by atoms with E-state index in [9.17, 15) is 9.69 Å². The summed E-state index contributed by atoms with van der Waals surface area (Å²) in [5.41, 5.74) is 1.00. The van der Waals surface area contributed by atoms with E-state index in [1.165, 1.54) is 57.8 Å². The van der Waals surface area contributed by atoms with Gasteiger partial charge in [-0.2, -0.15) is 0 Å². The average Bonchev–Trinajstić information content (AvgIpc) is 2.82. The maximum Gasteiger partial charge on any atom is 0.330 e. The van der Waals surface area contributed by atoms with Gasteiger partial charge >= 0.3 is 8.60 Å². The first-order valence-electron chi connectivity index (χ1n) is 12.5. The van der Waals surface area contributed by atoms with Gasteiger partial charge in [-0.15, -0.1) is 0 Å². The quantitative estimate of drug-likeness (QED) is 0.134. The van der Waals surface area contributed by atoms with Crippen LogP contribution in [0.3, 0.4) is 0 Å². The number of unbranched alkanes of at least 4 members (excludes halogenated alkanes) is 9.